The molecule has 4 heteroatoms. The molecule has 22 heavy (non-hydrogen) atoms. The largest absolute Gasteiger partial charge is 0.504 e. The SMILES string of the molecule is CCOC(=O)c1cc(-c2ccccc2)c(OCC)c(O)c1C. The molecule has 2 aromatic rings. The first-order chi connectivity index (χ1) is 10.6. The molecule has 0 fully saturated rings. The van der Waals surface area contributed by atoms with Crippen molar-refractivity contribution in [3.05, 3.63) is 47.5 Å². The molecule has 0 saturated carbocycles. The third-order valence-electron chi connectivity index (χ3n) is 3.38. The standard InChI is InChI=1S/C18H20O4/c1-4-21-17-15(13-9-7-6-8-10-13)11-14(12(3)16(17)19)18(20)22-5-2/h6-11,19H,4-5H2,1-3H3. The fourth-order valence-electron chi connectivity index (χ4n) is 2.29. The van der Waals surface area contributed by atoms with E-state index in [1.165, 1.54) is 0 Å². The molecular formula is C18H20O4. The maximum Gasteiger partial charge on any atom is 0.338 e. The molecule has 116 valence electrons. The molecule has 4 nitrogen and oxygen atoms in total. The molecule has 1 N–H and O–H groups in total. The molecule has 0 aliphatic carbocycles. The van der Waals surface area contributed by atoms with Crippen LogP contribution in [0.5, 0.6) is 11.5 Å². The normalized spacial score (nSPS) is 10.3. The lowest BCUT2D eigenvalue weighted by Gasteiger charge is -2.17. The van der Waals surface area contributed by atoms with Crippen LogP contribution in [0.25, 0.3) is 11.1 Å². The smallest absolute Gasteiger partial charge is 0.338 e. The highest BCUT2D eigenvalue weighted by atomic mass is 16.5. The van der Waals surface area contributed by atoms with Gasteiger partial charge in [0, 0.05) is 11.1 Å². The lowest BCUT2D eigenvalue weighted by molar-refractivity contribution is 0.0525. The number of phenols is 1. The lowest BCUT2D eigenvalue weighted by Crippen LogP contribution is -2.08. The Labute approximate surface area is 130 Å². The van der Waals surface area contributed by atoms with Crippen molar-refractivity contribution < 1.29 is 19.4 Å². The Morgan fingerprint density at radius 2 is 1.82 bits per heavy atom. The maximum absolute atomic E-state index is 12.1. The van der Waals surface area contributed by atoms with Crippen LogP contribution in [0.4, 0.5) is 0 Å². The van der Waals surface area contributed by atoms with Crippen LogP contribution in [0.1, 0.15) is 29.8 Å². The van der Waals surface area contributed by atoms with Crippen LogP contribution in [0.3, 0.4) is 0 Å². The summed E-state index contributed by atoms with van der Waals surface area (Å²) in [5, 5.41) is 10.4. The van der Waals surface area contributed by atoms with Gasteiger partial charge in [0.15, 0.2) is 11.5 Å². The van der Waals surface area contributed by atoms with Crippen molar-refractivity contribution in [2.24, 2.45) is 0 Å². The molecule has 0 bridgehead atoms. The summed E-state index contributed by atoms with van der Waals surface area (Å²) in [5.74, 6) is -0.0824. The zero-order valence-electron chi connectivity index (χ0n) is 13.1. The van der Waals surface area contributed by atoms with Gasteiger partial charge in [0.2, 0.25) is 0 Å². The van der Waals surface area contributed by atoms with Crippen LogP contribution in [-0.4, -0.2) is 24.3 Å². The van der Waals surface area contributed by atoms with E-state index in [1.807, 2.05) is 37.3 Å². The van der Waals surface area contributed by atoms with Crippen LogP contribution < -0.4 is 4.74 Å². The number of carbonyl (C=O) groups excluding carboxylic acids is 1. The van der Waals surface area contributed by atoms with Crippen molar-refractivity contribution in [3.63, 3.8) is 0 Å². The Bertz CT molecular complexity index is 663. The minimum Gasteiger partial charge on any atom is -0.504 e. The second kappa shape index (κ2) is 6.98. The van der Waals surface area contributed by atoms with Gasteiger partial charge >= 0.3 is 5.97 Å². The summed E-state index contributed by atoms with van der Waals surface area (Å²) in [4.78, 5) is 12.1. The number of hydrogen-bond donors (Lipinski definition) is 1. The van der Waals surface area contributed by atoms with E-state index in [2.05, 4.69) is 0 Å². The summed E-state index contributed by atoms with van der Waals surface area (Å²) < 4.78 is 10.7. The fraction of sp³-hybridized carbons (Fsp3) is 0.278. The van der Waals surface area contributed by atoms with E-state index in [-0.39, 0.29) is 12.4 Å². The summed E-state index contributed by atoms with van der Waals surface area (Å²) in [6.45, 7) is 5.99. The van der Waals surface area contributed by atoms with Gasteiger partial charge in [-0.3, -0.25) is 0 Å². The molecule has 2 rings (SSSR count). The number of esters is 1. The number of aromatic hydroxyl groups is 1. The predicted octanol–water partition coefficient (Wildman–Crippen LogP) is 3.94. The number of benzene rings is 2. The molecule has 0 saturated heterocycles. The van der Waals surface area contributed by atoms with Gasteiger partial charge in [-0.15, -0.1) is 0 Å². The summed E-state index contributed by atoms with van der Waals surface area (Å²) in [7, 11) is 0. The fourth-order valence-corrected chi connectivity index (χ4v) is 2.29. The topological polar surface area (TPSA) is 55.8 Å². The Balaban J connectivity index is 2.66. The molecule has 0 radical (unpaired) electrons. The predicted molar refractivity (Wildman–Crippen MR) is 85.4 cm³/mol. The molecule has 0 heterocycles. The molecule has 0 aliphatic rings. The summed E-state index contributed by atoms with van der Waals surface area (Å²) in [6, 6.07) is 11.2. The van der Waals surface area contributed by atoms with Gasteiger partial charge in [0.25, 0.3) is 0 Å². The third kappa shape index (κ3) is 3.06. The monoisotopic (exact) mass is 300 g/mol. The van der Waals surface area contributed by atoms with Gasteiger partial charge < -0.3 is 14.6 Å². The van der Waals surface area contributed by atoms with Crippen molar-refractivity contribution in [3.8, 4) is 22.6 Å². The molecule has 2 aromatic carbocycles. The Hall–Kier alpha value is -2.49. The second-order valence-electron chi connectivity index (χ2n) is 4.79. The highest BCUT2D eigenvalue weighted by Gasteiger charge is 2.21. The van der Waals surface area contributed by atoms with E-state index in [1.54, 1.807) is 19.9 Å². The Morgan fingerprint density at radius 1 is 1.14 bits per heavy atom. The Kier molecular flexibility index (Phi) is 5.04. The first kappa shape index (κ1) is 15.9. The summed E-state index contributed by atoms with van der Waals surface area (Å²) in [5.41, 5.74) is 2.35. The molecule has 0 unspecified atom stereocenters. The highest BCUT2D eigenvalue weighted by Crippen LogP contribution is 2.41. The minimum atomic E-state index is -0.449. The first-order valence-corrected chi connectivity index (χ1v) is 7.32. The van der Waals surface area contributed by atoms with Crippen molar-refractivity contribution >= 4 is 5.97 Å². The van der Waals surface area contributed by atoms with Crippen LogP contribution in [0.15, 0.2) is 36.4 Å². The molecule has 0 spiro atoms. The van der Waals surface area contributed by atoms with Gasteiger partial charge in [-0.2, -0.15) is 0 Å². The average Bonchev–Trinajstić information content (AvgIpc) is 2.53. The van der Waals surface area contributed by atoms with Crippen LogP contribution in [-0.2, 0) is 4.74 Å². The minimum absolute atomic E-state index is 0.0220. The molecule has 0 aliphatic heterocycles. The second-order valence-corrected chi connectivity index (χ2v) is 4.79. The van der Waals surface area contributed by atoms with Gasteiger partial charge in [0.05, 0.1) is 18.8 Å². The lowest BCUT2D eigenvalue weighted by atomic mass is 9.97. The van der Waals surface area contributed by atoms with Crippen LogP contribution in [0.2, 0.25) is 0 Å². The number of ether oxygens (including phenoxy) is 2. The number of carbonyl (C=O) groups is 1. The highest BCUT2D eigenvalue weighted by molar-refractivity contribution is 5.95. The number of hydrogen-bond acceptors (Lipinski definition) is 4. The number of rotatable bonds is 5. The zero-order valence-corrected chi connectivity index (χ0v) is 13.1. The van der Waals surface area contributed by atoms with Crippen molar-refractivity contribution in [2.45, 2.75) is 20.8 Å². The van der Waals surface area contributed by atoms with E-state index in [9.17, 15) is 9.90 Å². The van der Waals surface area contributed by atoms with Gasteiger partial charge in [-0.05, 0) is 32.4 Å². The van der Waals surface area contributed by atoms with Gasteiger partial charge in [-0.1, -0.05) is 30.3 Å². The van der Waals surface area contributed by atoms with E-state index in [0.717, 1.165) is 5.56 Å². The van der Waals surface area contributed by atoms with E-state index < -0.39 is 5.97 Å². The quantitative estimate of drug-likeness (QED) is 0.850. The summed E-state index contributed by atoms with van der Waals surface area (Å²) in [6.07, 6.45) is 0. The third-order valence-corrected chi connectivity index (χ3v) is 3.38. The van der Waals surface area contributed by atoms with Crippen LogP contribution in [0, 0.1) is 6.92 Å². The molecule has 0 aromatic heterocycles. The molecular weight excluding hydrogens is 280 g/mol. The van der Waals surface area contributed by atoms with Crippen molar-refractivity contribution in [2.75, 3.05) is 13.2 Å². The maximum atomic E-state index is 12.1. The van der Waals surface area contributed by atoms with Crippen LogP contribution >= 0.6 is 0 Å². The average molecular weight is 300 g/mol. The van der Waals surface area contributed by atoms with E-state index in [4.69, 9.17) is 9.47 Å². The number of phenolic OH excluding ortho intramolecular Hbond substituents is 1. The molecule has 0 amide bonds. The summed E-state index contributed by atoms with van der Waals surface area (Å²) >= 11 is 0. The first-order valence-electron chi connectivity index (χ1n) is 7.32. The molecule has 0 atom stereocenters. The van der Waals surface area contributed by atoms with Gasteiger partial charge in [0.1, 0.15) is 0 Å². The van der Waals surface area contributed by atoms with E-state index >= 15 is 0 Å². The Morgan fingerprint density at radius 3 is 2.41 bits per heavy atom. The van der Waals surface area contributed by atoms with E-state index in [0.29, 0.717) is 29.0 Å². The van der Waals surface area contributed by atoms with Crippen molar-refractivity contribution in [1.82, 2.24) is 0 Å². The van der Waals surface area contributed by atoms with Gasteiger partial charge in [-0.25, -0.2) is 4.79 Å². The van der Waals surface area contributed by atoms with Crippen molar-refractivity contribution in [1.29, 1.82) is 0 Å². The zero-order chi connectivity index (χ0) is 16.1.